The summed E-state index contributed by atoms with van der Waals surface area (Å²) in [5.41, 5.74) is 3.15. The summed E-state index contributed by atoms with van der Waals surface area (Å²) < 4.78 is 0. The number of carbonyl (C=O) groups is 1. The number of nitrogens with one attached hydrogen (secondary N) is 3. The van der Waals surface area contributed by atoms with Gasteiger partial charge in [-0.25, -0.2) is 0 Å². The predicted molar refractivity (Wildman–Crippen MR) is 103 cm³/mol. The van der Waals surface area contributed by atoms with Gasteiger partial charge in [-0.15, -0.1) is 0 Å². The van der Waals surface area contributed by atoms with Crippen LogP contribution >= 0.6 is 0 Å². The maximum Gasteiger partial charge on any atom is 0.223 e. The lowest BCUT2D eigenvalue weighted by atomic mass is 9.73. The Morgan fingerprint density at radius 1 is 1.11 bits per heavy atom. The molecule has 9 atom stereocenters. The van der Waals surface area contributed by atoms with Crippen LogP contribution in [0.25, 0.3) is 0 Å². The lowest BCUT2D eigenvalue weighted by molar-refractivity contribution is -0.128. The van der Waals surface area contributed by atoms with Crippen LogP contribution < -0.4 is 16.1 Å². The second-order valence-electron chi connectivity index (χ2n) is 9.58. The largest absolute Gasteiger partial charge is 0.393 e. The lowest BCUT2D eigenvalue weighted by Gasteiger charge is -2.37. The van der Waals surface area contributed by atoms with Crippen LogP contribution in [0, 0.1) is 29.6 Å². The van der Waals surface area contributed by atoms with Gasteiger partial charge in [-0.2, -0.15) is 5.48 Å². The van der Waals surface area contributed by atoms with E-state index in [9.17, 15) is 9.90 Å². The van der Waals surface area contributed by atoms with Gasteiger partial charge in [-0.1, -0.05) is 6.42 Å². The quantitative estimate of drug-likeness (QED) is 0.602. The summed E-state index contributed by atoms with van der Waals surface area (Å²) >= 11 is 0. The van der Waals surface area contributed by atoms with Crippen molar-refractivity contribution in [1.82, 2.24) is 16.1 Å². The predicted octanol–water partition coefficient (Wildman–Crippen LogP) is 2.28. The number of fused-ring (bicyclic) bond motifs is 1. The van der Waals surface area contributed by atoms with Crippen molar-refractivity contribution in [3.63, 3.8) is 0 Å². The van der Waals surface area contributed by atoms with Gasteiger partial charge in [0.1, 0.15) is 6.23 Å². The van der Waals surface area contributed by atoms with E-state index in [1.165, 1.54) is 25.7 Å². The van der Waals surface area contributed by atoms with Crippen LogP contribution in [0.1, 0.15) is 71.6 Å². The molecule has 1 aliphatic heterocycles. The number of hydroxylamine groups is 1. The molecule has 3 aliphatic carbocycles. The van der Waals surface area contributed by atoms with Gasteiger partial charge in [-0.3, -0.25) is 14.9 Å². The van der Waals surface area contributed by atoms with E-state index in [-0.39, 0.29) is 36.2 Å². The fraction of sp³-hybridized carbons (Fsp3) is 0.952. The molecular weight excluding hydrogens is 342 g/mol. The van der Waals surface area contributed by atoms with Crippen molar-refractivity contribution >= 4 is 5.91 Å². The topological polar surface area (TPSA) is 82.6 Å². The number of carbonyl (C=O) groups excluding carboxylic acids is 1. The van der Waals surface area contributed by atoms with Crippen molar-refractivity contribution in [3.8, 4) is 0 Å². The highest BCUT2D eigenvalue weighted by Gasteiger charge is 2.44. The van der Waals surface area contributed by atoms with Gasteiger partial charge in [0.15, 0.2) is 0 Å². The Hall–Kier alpha value is -0.690. The van der Waals surface area contributed by atoms with Crippen LogP contribution in [0.15, 0.2) is 0 Å². The van der Waals surface area contributed by atoms with Crippen LogP contribution in [-0.2, 0) is 9.63 Å². The molecule has 0 spiro atoms. The fourth-order valence-electron chi connectivity index (χ4n) is 6.21. The highest BCUT2D eigenvalue weighted by Crippen LogP contribution is 2.45. The molecule has 3 saturated carbocycles. The molecule has 4 aliphatic rings. The van der Waals surface area contributed by atoms with Crippen molar-refractivity contribution in [2.24, 2.45) is 29.6 Å². The van der Waals surface area contributed by atoms with Gasteiger partial charge in [0, 0.05) is 12.0 Å². The standard InChI is InChI=1S/C21H37N3O3/c1-12(25)14-4-3-5-17(10-14)21(26)23-19-9-7-15-11-16(6-8-18(15)19)20-22-13(2)27-24-20/h12-20,22,24-25H,3-11H2,1-2H3,(H,23,26)/t12-,13?,14?,15?,16?,17?,18?,19+,20?/m0/s1. The van der Waals surface area contributed by atoms with E-state index in [2.05, 4.69) is 16.1 Å². The average Bonchev–Trinajstić information content (AvgIpc) is 3.28. The van der Waals surface area contributed by atoms with Gasteiger partial charge in [0.25, 0.3) is 0 Å². The lowest BCUT2D eigenvalue weighted by Crippen LogP contribution is -2.47. The molecule has 0 aromatic carbocycles. The summed E-state index contributed by atoms with van der Waals surface area (Å²) in [6.45, 7) is 3.90. The molecule has 6 heteroatoms. The molecule has 1 saturated heterocycles. The molecule has 7 unspecified atom stereocenters. The molecule has 27 heavy (non-hydrogen) atoms. The first-order valence-corrected chi connectivity index (χ1v) is 11.2. The van der Waals surface area contributed by atoms with E-state index in [1.807, 2.05) is 13.8 Å². The Labute approximate surface area is 163 Å². The zero-order chi connectivity index (χ0) is 19.0. The van der Waals surface area contributed by atoms with Crippen LogP contribution in [-0.4, -0.2) is 35.6 Å². The second-order valence-corrected chi connectivity index (χ2v) is 9.58. The zero-order valence-corrected chi connectivity index (χ0v) is 16.8. The molecule has 154 valence electrons. The summed E-state index contributed by atoms with van der Waals surface area (Å²) in [4.78, 5) is 18.3. The number of hydrogen-bond donors (Lipinski definition) is 4. The normalized spacial score (nSPS) is 46.0. The Kier molecular flexibility index (Phi) is 6.07. The third-order valence-electron chi connectivity index (χ3n) is 7.80. The molecule has 0 radical (unpaired) electrons. The van der Waals surface area contributed by atoms with Crippen LogP contribution in [0.3, 0.4) is 0 Å². The summed E-state index contributed by atoms with van der Waals surface area (Å²) in [6.07, 6.45) is 10.0. The SMILES string of the molecule is CC1NC(C2CCC3C(CC[C@H]3NC(=O)C3CCCC([C@H](C)O)C3)C2)NO1. The van der Waals surface area contributed by atoms with E-state index in [0.29, 0.717) is 17.9 Å². The molecular formula is C21H37N3O3. The molecule has 6 nitrogen and oxygen atoms in total. The molecule has 0 bridgehead atoms. The van der Waals surface area contributed by atoms with Gasteiger partial charge < -0.3 is 10.4 Å². The van der Waals surface area contributed by atoms with Crippen molar-refractivity contribution in [1.29, 1.82) is 0 Å². The molecule has 4 fully saturated rings. The van der Waals surface area contributed by atoms with Crippen molar-refractivity contribution < 1.29 is 14.7 Å². The van der Waals surface area contributed by atoms with Gasteiger partial charge in [-0.05, 0) is 88.9 Å². The summed E-state index contributed by atoms with van der Waals surface area (Å²) in [5, 5.41) is 16.8. The van der Waals surface area contributed by atoms with Crippen LogP contribution in [0.4, 0.5) is 0 Å². The average molecular weight is 380 g/mol. The summed E-state index contributed by atoms with van der Waals surface area (Å²) in [5.74, 6) is 2.62. The van der Waals surface area contributed by atoms with E-state index in [1.54, 1.807) is 0 Å². The number of aliphatic hydroxyl groups excluding tert-OH is 1. The van der Waals surface area contributed by atoms with Gasteiger partial charge >= 0.3 is 0 Å². The molecule has 4 rings (SSSR count). The molecule has 1 amide bonds. The highest BCUT2D eigenvalue weighted by molar-refractivity contribution is 5.79. The van der Waals surface area contributed by atoms with Crippen molar-refractivity contribution in [2.75, 3.05) is 0 Å². The second kappa shape index (κ2) is 8.36. The fourth-order valence-corrected chi connectivity index (χ4v) is 6.21. The maximum atomic E-state index is 12.9. The third-order valence-corrected chi connectivity index (χ3v) is 7.80. The Morgan fingerprint density at radius 2 is 1.93 bits per heavy atom. The minimum absolute atomic E-state index is 0.0873. The Morgan fingerprint density at radius 3 is 2.67 bits per heavy atom. The monoisotopic (exact) mass is 379 g/mol. The molecule has 0 aromatic heterocycles. The van der Waals surface area contributed by atoms with Crippen LogP contribution in [0.2, 0.25) is 0 Å². The Bertz CT molecular complexity index is 529. The van der Waals surface area contributed by atoms with E-state index < -0.39 is 0 Å². The first-order chi connectivity index (χ1) is 13.0. The summed E-state index contributed by atoms with van der Waals surface area (Å²) in [6, 6.07) is 0.357. The first kappa shape index (κ1) is 19.6. The van der Waals surface area contributed by atoms with Gasteiger partial charge in [0.2, 0.25) is 5.91 Å². The third kappa shape index (κ3) is 4.34. The molecule has 4 N–H and O–H groups in total. The maximum absolute atomic E-state index is 12.9. The smallest absolute Gasteiger partial charge is 0.223 e. The molecule has 1 heterocycles. The minimum Gasteiger partial charge on any atom is -0.393 e. The van der Waals surface area contributed by atoms with Crippen LogP contribution in [0.5, 0.6) is 0 Å². The first-order valence-electron chi connectivity index (χ1n) is 11.2. The minimum atomic E-state index is -0.295. The highest BCUT2D eigenvalue weighted by atomic mass is 16.7. The number of rotatable bonds is 4. The van der Waals surface area contributed by atoms with E-state index in [0.717, 1.165) is 38.0 Å². The summed E-state index contributed by atoms with van der Waals surface area (Å²) in [7, 11) is 0. The van der Waals surface area contributed by atoms with Gasteiger partial charge in [0.05, 0.1) is 12.3 Å². The van der Waals surface area contributed by atoms with E-state index in [4.69, 9.17) is 4.84 Å². The van der Waals surface area contributed by atoms with Crippen molar-refractivity contribution in [2.45, 2.75) is 96.2 Å². The number of amides is 1. The Balaban J connectivity index is 1.28. The number of aliphatic hydroxyl groups is 1. The number of hydrogen-bond acceptors (Lipinski definition) is 5. The molecule has 0 aromatic rings. The van der Waals surface area contributed by atoms with E-state index >= 15 is 0 Å². The van der Waals surface area contributed by atoms with Crippen molar-refractivity contribution in [3.05, 3.63) is 0 Å². The zero-order valence-electron chi connectivity index (χ0n) is 16.8.